The van der Waals surface area contributed by atoms with Crippen LogP contribution < -0.4 is 0 Å². The highest BCUT2D eigenvalue weighted by Gasteiger charge is 2.22. The number of hydrogen-bond donors (Lipinski definition) is 0. The van der Waals surface area contributed by atoms with Crippen LogP contribution in [0, 0.1) is 0 Å². The fourth-order valence-corrected chi connectivity index (χ4v) is 3.45. The highest BCUT2D eigenvalue weighted by atomic mass is 35.5. The van der Waals surface area contributed by atoms with E-state index in [4.69, 9.17) is 34.8 Å². The number of alkyl halides is 1. The first kappa shape index (κ1) is 14.5. The molecule has 0 bridgehead atoms. The molecule has 0 N–H and O–H groups in total. The molecule has 0 aliphatic carbocycles. The predicted octanol–water partition coefficient (Wildman–Crippen LogP) is 5.15. The molecule has 1 aromatic carbocycles. The van der Waals surface area contributed by atoms with Crippen LogP contribution in [-0.4, -0.2) is 24.0 Å². The van der Waals surface area contributed by atoms with E-state index in [1.54, 1.807) is 6.07 Å². The molecule has 0 saturated carbocycles. The summed E-state index contributed by atoms with van der Waals surface area (Å²) in [5, 5.41) is 1.24. The van der Waals surface area contributed by atoms with Gasteiger partial charge in [0.25, 0.3) is 0 Å². The van der Waals surface area contributed by atoms with Crippen LogP contribution >= 0.6 is 34.8 Å². The Kier molecular flexibility index (Phi) is 5.20. The van der Waals surface area contributed by atoms with Crippen molar-refractivity contribution in [1.29, 1.82) is 0 Å². The third-order valence-electron chi connectivity index (χ3n) is 3.64. The van der Waals surface area contributed by atoms with Gasteiger partial charge in [-0.1, -0.05) is 35.7 Å². The van der Waals surface area contributed by atoms with E-state index in [0.29, 0.717) is 16.1 Å². The lowest BCUT2D eigenvalue weighted by atomic mass is 10.0. The van der Waals surface area contributed by atoms with Gasteiger partial charge in [-0.25, -0.2) is 0 Å². The van der Waals surface area contributed by atoms with E-state index in [0.717, 1.165) is 18.7 Å². The standard InChI is InChI=1S/C14H18Cl3N/c1-10-4-2-3-7-18(10)9-14(17)12-6-5-11(15)8-13(12)16/h5-6,8,10,14H,2-4,7,9H2,1H3. The second kappa shape index (κ2) is 6.47. The van der Waals surface area contributed by atoms with Crippen LogP contribution in [0.5, 0.6) is 0 Å². The molecule has 1 aliphatic heterocycles. The summed E-state index contributed by atoms with van der Waals surface area (Å²) in [6.07, 6.45) is 3.85. The third-order valence-corrected chi connectivity index (χ3v) is 4.57. The molecule has 2 rings (SSSR count). The summed E-state index contributed by atoms with van der Waals surface area (Å²) in [5.74, 6) is 0. The Morgan fingerprint density at radius 2 is 2.11 bits per heavy atom. The van der Waals surface area contributed by atoms with Crippen LogP contribution in [0.4, 0.5) is 0 Å². The zero-order valence-corrected chi connectivity index (χ0v) is 12.8. The average Bonchev–Trinajstić information content (AvgIpc) is 2.32. The Hall–Kier alpha value is 0.0500. The van der Waals surface area contributed by atoms with E-state index >= 15 is 0 Å². The number of likely N-dealkylation sites (tertiary alicyclic amines) is 1. The van der Waals surface area contributed by atoms with Gasteiger partial charge in [-0.2, -0.15) is 0 Å². The molecule has 2 atom stereocenters. The second-order valence-corrected chi connectivity index (χ2v) is 6.34. The predicted molar refractivity (Wildman–Crippen MR) is 79.9 cm³/mol. The Bertz CT molecular complexity index is 408. The minimum atomic E-state index is -0.0738. The van der Waals surface area contributed by atoms with E-state index in [1.807, 2.05) is 12.1 Å². The molecule has 1 aromatic rings. The normalized spacial score (nSPS) is 23.0. The summed E-state index contributed by atoms with van der Waals surface area (Å²) in [6, 6.07) is 6.15. The van der Waals surface area contributed by atoms with Gasteiger partial charge in [0.1, 0.15) is 0 Å². The van der Waals surface area contributed by atoms with Gasteiger partial charge < -0.3 is 0 Å². The summed E-state index contributed by atoms with van der Waals surface area (Å²) >= 11 is 18.6. The molecule has 1 saturated heterocycles. The summed E-state index contributed by atoms with van der Waals surface area (Å²) in [5.41, 5.74) is 0.973. The number of piperidine rings is 1. The van der Waals surface area contributed by atoms with Crippen molar-refractivity contribution in [3.05, 3.63) is 33.8 Å². The molecule has 0 spiro atoms. The van der Waals surface area contributed by atoms with Gasteiger partial charge in [0.2, 0.25) is 0 Å². The minimum absolute atomic E-state index is 0.0738. The maximum absolute atomic E-state index is 6.49. The monoisotopic (exact) mass is 305 g/mol. The summed E-state index contributed by atoms with van der Waals surface area (Å²) in [6.45, 7) is 4.26. The molecular formula is C14H18Cl3N. The number of nitrogens with zero attached hydrogens (tertiary/aromatic N) is 1. The van der Waals surface area contributed by atoms with Gasteiger partial charge in [0.15, 0.2) is 0 Å². The summed E-state index contributed by atoms with van der Waals surface area (Å²) in [4.78, 5) is 2.45. The van der Waals surface area contributed by atoms with Gasteiger partial charge in [-0.3, -0.25) is 4.90 Å². The number of benzene rings is 1. The first-order valence-corrected chi connectivity index (χ1v) is 7.60. The van der Waals surface area contributed by atoms with Crippen LogP contribution in [0.3, 0.4) is 0 Å². The van der Waals surface area contributed by atoms with Crippen LogP contribution in [0.1, 0.15) is 37.1 Å². The van der Waals surface area contributed by atoms with Crippen molar-refractivity contribution in [2.75, 3.05) is 13.1 Å². The van der Waals surface area contributed by atoms with E-state index in [-0.39, 0.29) is 5.38 Å². The molecule has 0 aromatic heterocycles. The SMILES string of the molecule is CC1CCCCN1CC(Cl)c1ccc(Cl)cc1Cl. The first-order chi connectivity index (χ1) is 8.58. The Balaban J connectivity index is 2.04. The molecule has 1 fully saturated rings. The van der Waals surface area contributed by atoms with Gasteiger partial charge in [0, 0.05) is 22.6 Å². The molecule has 100 valence electrons. The average molecular weight is 307 g/mol. The molecule has 4 heteroatoms. The van der Waals surface area contributed by atoms with Crippen LogP contribution in [-0.2, 0) is 0 Å². The zero-order valence-electron chi connectivity index (χ0n) is 10.5. The maximum atomic E-state index is 6.49. The largest absolute Gasteiger partial charge is 0.299 e. The molecule has 1 heterocycles. The Morgan fingerprint density at radius 3 is 2.78 bits per heavy atom. The Morgan fingerprint density at radius 1 is 1.33 bits per heavy atom. The molecule has 2 unspecified atom stereocenters. The van der Waals surface area contributed by atoms with E-state index < -0.39 is 0 Å². The van der Waals surface area contributed by atoms with Crippen molar-refractivity contribution in [1.82, 2.24) is 4.90 Å². The Labute approximate surface area is 124 Å². The third kappa shape index (κ3) is 3.54. The lowest BCUT2D eigenvalue weighted by molar-refractivity contribution is 0.161. The van der Waals surface area contributed by atoms with Crippen LogP contribution in [0.2, 0.25) is 10.0 Å². The van der Waals surface area contributed by atoms with Crippen molar-refractivity contribution in [3.8, 4) is 0 Å². The lowest BCUT2D eigenvalue weighted by Gasteiger charge is -2.34. The topological polar surface area (TPSA) is 3.24 Å². The van der Waals surface area contributed by atoms with E-state index in [2.05, 4.69) is 11.8 Å². The molecule has 0 radical (unpaired) electrons. The molecule has 1 nitrogen and oxygen atoms in total. The smallest absolute Gasteiger partial charge is 0.0726 e. The lowest BCUT2D eigenvalue weighted by Crippen LogP contribution is -2.39. The zero-order chi connectivity index (χ0) is 13.1. The van der Waals surface area contributed by atoms with Crippen LogP contribution in [0.15, 0.2) is 18.2 Å². The number of hydrogen-bond acceptors (Lipinski definition) is 1. The van der Waals surface area contributed by atoms with Crippen molar-refractivity contribution in [3.63, 3.8) is 0 Å². The molecular weight excluding hydrogens is 289 g/mol. The van der Waals surface area contributed by atoms with Crippen molar-refractivity contribution < 1.29 is 0 Å². The summed E-state index contributed by atoms with van der Waals surface area (Å²) < 4.78 is 0. The summed E-state index contributed by atoms with van der Waals surface area (Å²) in [7, 11) is 0. The van der Waals surface area contributed by atoms with Gasteiger partial charge >= 0.3 is 0 Å². The fourth-order valence-electron chi connectivity index (χ4n) is 2.49. The van der Waals surface area contributed by atoms with Gasteiger partial charge in [0.05, 0.1) is 5.38 Å². The molecule has 18 heavy (non-hydrogen) atoms. The second-order valence-electron chi connectivity index (χ2n) is 4.97. The molecule has 1 aliphatic rings. The number of rotatable bonds is 3. The first-order valence-electron chi connectivity index (χ1n) is 6.41. The highest BCUT2D eigenvalue weighted by Crippen LogP contribution is 2.32. The van der Waals surface area contributed by atoms with Crippen molar-refractivity contribution in [2.45, 2.75) is 37.6 Å². The van der Waals surface area contributed by atoms with Crippen molar-refractivity contribution >= 4 is 34.8 Å². The van der Waals surface area contributed by atoms with E-state index in [9.17, 15) is 0 Å². The fraction of sp³-hybridized carbons (Fsp3) is 0.571. The van der Waals surface area contributed by atoms with E-state index in [1.165, 1.54) is 19.3 Å². The maximum Gasteiger partial charge on any atom is 0.0726 e. The minimum Gasteiger partial charge on any atom is -0.299 e. The van der Waals surface area contributed by atoms with Crippen molar-refractivity contribution in [2.24, 2.45) is 0 Å². The molecule has 0 amide bonds. The van der Waals surface area contributed by atoms with Gasteiger partial charge in [-0.05, 0) is 44.0 Å². The van der Waals surface area contributed by atoms with Gasteiger partial charge in [-0.15, -0.1) is 11.6 Å². The highest BCUT2D eigenvalue weighted by molar-refractivity contribution is 6.35. The van der Waals surface area contributed by atoms with Crippen LogP contribution in [0.25, 0.3) is 0 Å². The number of halogens is 3. The quantitative estimate of drug-likeness (QED) is 0.698.